The lowest BCUT2D eigenvalue weighted by atomic mass is 9.94. The molecule has 0 radical (unpaired) electrons. The van der Waals surface area contributed by atoms with Crippen molar-refractivity contribution in [2.45, 2.75) is 98.6 Å². The molecule has 7 nitrogen and oxygen atoms in total. The number of carbonyl (C=O) groups excluding carboxylic acids is 1. The van der Waals surface area contributed by atoms with Crippen molar-refractivity contribution in [2.24, 2.45) is 5.73 Å². The molecule has 2 heterocycles. The number of ether oxygens (including phenoxy) is 1. The second-order valence-electron chi connectivity index (χ2n) is 12.3. The topological polar surface area (TPSA) is 102 Å². The number of benzene rings is 3. The maximum atomic E-state index is 16.2. The molecule has 1 aliphatic carbocycles. The van der Waals surface area contributed by atoms with Crippen LogP contribution in [0.15, 0.2) is 65.6 Å². The fourth-order valence-electron chi connectivity index (χ4n) is 6.92. The highest BCUT2D eigenvalue weighted by atomic mass is 32.2. The van der Waals surface area contributed by atoms with Gasteiger partial charge < -0.3 is 15.4 Å². The quantitative estimate of drug-likeness (QED) is 0.287. The van der Waals surface area contributed by atoms with E-state index < -0.39 is 57.3 Å². The standard InChI is InChI=1S/C32H34F5N3O4S/c33-31(34,21-7-9-22(10-8-21)32(35,36)37)29(30(41)40-24-11-12-25(40)18-23(38)17-24)39-45(42,43)28-14-6-19-15-27(13-5-20(19)16-28)44-26-3-1-2-4-26/h5-10,13-16,23-26,29,39H,1-4,11-12,17-18,38H2/t23?,24?,25?,29-/m1/s1. The summed E-state index contributed by atoms with van der Waals surface area (Å²) in [4.78, 5) is 14.8. The zero-order valence-electron chi connectivity index (χ0n) is 24.3. The number of hydrogen-bond donors (Lipinski definition) is 2. The van der Waals surface area contributed by atoms with E-state index in [1.807, 2.05) is 4.72 Å². The summed E-state index contributed by atoms with van der Waals surface area (Å²) in [7, 11) is -4.72. The zero-order valence-corrected chi connectivity index (χ0v) is 25.1. The van der Waals surface area contributed by atoms with E-state index >= 15 is 8.78 Å². The van der Waals surface area contributed by atoms with E-state index in [-0.39, 0.29) is 17.0 Å². The highest BCUT2D eigenvalue weighted by molar-refractivity contribution is 7.89. The summed E-state index contributed by atoms with van der Waals surface area (Å²) < 4.78 is 107. The molecule has 3 aromatic carbocycles. The van der Waals surface area contributed by atoms with Gasteiger partial charge in [0.15, 0.2) is 6.04 Å². The fraction of sp³-hybridized carbons (Fsp3) is 0.469. The van der Waals surface area contributed by atoms with Crippen molar-refractivity contribution in [1.29, 1.82) is 0 Å². The number of fused-ring (bicyclic) bond motifs is 3. The molecule has 242 valence electrons. The summed E-state index contributed by atoms with van der Waals surface area (Å²) in [6, 6.07) is 7.65. The van der Waals surface area contributed by atoms with Gasteiger partial charge in [-0.3, -0.25) is 4.79 Å². The Balaban J connectivity index is 1.32. The third-order valence-electron chi connectivity index (χ3n) is 9.20. The smallest absolute Gasteiger partial charge is 0.416 e. The van der Waals surface area contributed by atoms with Gasteiger partial charge in [0.05, 0.1) is 16.6 Å². The van der Waals surface area contributed by atoms with E-state index in [9.17, 15) is 26.4 Å². The van der Waals surface area contributed by atoms with E-state index in [2.05, 4.69) is 0 Å². The number of rotatable bonds is 8. The second-order valence-corrected chi connectivity index (χ2v) is 14.0. The highest BCUT2D eigenvalue weighted by Gasteiger charge is 2.53. The number of amides is 1. The predicted molar refractivity (Wildman–Crippen MR) is 157 cm³/mol. The van der Waals surface area contributed by atoms with Crippen LogP contribution in [-0.2, 0) is 26.9 Å². The summed E-state index contributed by atoms with van der Waals surface area (Å²) >= 11 is 0. The second kappa shape index (κ2) is 11.8. The summed E-state index contributed by atoms with van der Waals surface area (Å²) in [5.74, 6) is -4.70. The van der Waals surface area contributed by atoms with Crippen LogP contribution in [0.4, 0.5) is 22.0 Å². The largest absolute Gasteiger partial charge is 0.490 e. The molecular formula is C32H34F5N3O4S. The Morgan fingerprint density at radius 2 is 1.42 bits per heavy atom. The lowest BCUT2D eigenvalue weighted by molar-refractivity contribution is -0.149. The first-order chi connectivity index (χ1) is 21.2. The zero-order chi connectivity index (χ0) is 32.1. The number of hydrogen-bond acceptors (Lipinski definition) is 5. The number of halogens is 5. The van der Waals surface area contributed by atoms with Gasteiger partial charge in [-0.05, 0) is 98.5 Å². The molecule has 45 heavy (non-hydrogen) atoms. The van der Waals surface area contributed by atoms with Gasteiger partial charge in [0.25, 0.3) is 5.92 Å². The molecule has 13 heteroatoms. The molecular weight excluding hydrogens is 617 g/mol. The van der Waals surface area contributed by atoms with Crippen LogP contribution < -0.4 is 15.2 Å². The normalized spacial score (nSPS) is 23.4. The monoisotopic (exact) mass is 651 g/mol. The number of piperidine rings is 1. The van der Waals surface area contributed by atoms with Crippen LogP contribution in [0, 0.1) is 0 Å². The van der Waals surface area contributed by atoms with Crippen molar-refractivity contribution in [3.63, 3.8) is 0 Å². The van der Waals surface area contributed by atoms with Gasteiger partial charge in [-0.2, -0.15) is 26.7 Å². The Morgan fingerprint density at radius 1 is 0.844 bits per heavy atom. The van der Waals surface area contributed by atoms with E-state index in [1.54, 1.807) is 18.2 Å². The van der Waals surface area contributed by atoms with Crippen LogP contribution in [0.5, 0.6) is 5.75 Å². The van der Waals surface area contributed by atoms with E-state index in [4.69, 9.17) is 10.5 Å². The van der Waals surface area contributed by atoms with Crippen molar-refractivity contribution in [1.82, 2.24) is 9.62 Å². The molecule has 0 spiro atoms. The summed E-state index contributed by atoms with van der Waals surface area (Å²) in [5.41, 5.74) is 4.02. The Kier molecular flexibility index (Phi) is 8.32. The maximum absolute atomic E-state index is 16.2. The Labute approximate surface area is 258 Å². The first-order valence-corrected chi connectivity index (χ1v) is 16.6. The molecule has 1 saturated carbocycles. The molecule has 3 fully saturated rings. The summed E-state index contributed by atoms with van der Waals surface area (Å²) in [6.07, 6.45) is 1.30. The average Bonchev–Trinajstić information content (AvgIpc) is 3.60. The Bertz CT molecular complexity index is 1660. The minimum Gasteiger partial charge on any atom is -0.490 e. The number of sulfonamides is 1. The van der Waals surface area contributed by atoms with Crippen LogP contribution >= 0.6 is 0 Å². The van der Waals surface area contributed by atoms with E-state index in [0.29, 0.717) is 66.5 Å². The van der Waals surface area contributed by atoms with Gasteiger partial charge in [-0.15, -0.1) is 0 Å². The minimum absolute atomic E-state index is 0.123. The number of nitrogens with one attached hydrogen (secondary N) is 1. The summed E-state index contributed by atoms with van der Waals surface area (Å²) in [6.45, 7) is 0. The van der Waals surface area contributed by atoms with Gasteiger partial charge in [0.2, 0.25) is 15.9 Å². The average molecular weight is 652 g/mol. The lowest BCUT2D eigenvalue weighted by Gasteiger charge is -2.41. The first-order valence-electron chi connectivity index (χ1n) is 15.1. The third-order valence-corrected chi connectivity index (χ3v) is 10.6. The first kappa shape index (κ1) is 31.7. The summed E-state index contributed by atoms with van der Waals surface area (Å²) in [5, 5.41) is 1.19. The Hall–Kier alpha value is -3.29. The molecule has 3 N–H and O–H groups in total. The molecule has 2 aliphatic heterocycles. The van der Waals surface area contributed by atoms with Crippen LogP contribution in [0.1, 0.15) is 62.5 Å². The Morgan fingerprint density at radius 3 is 2.04 bits per heavy atom. The highest BCUT2D eigenvalue weighted by Crippen LogP contribution is 2.41. The molecule has 2 unspecified atom stereocenters. The molecule has 3 atom stereocenters. The van der Waals surface area contributed by atoms with Gasteiger partial charge in [-0.25, -0.2) is 8.42 Å². The molecule has 2 bridgehead atoms. The minimum atomic E-state index is -4.77. The number of nitrogens with zero attached hydrogens (tertiary/aromatic N) is 1. The van der Waals surface area contributed by atoms with Crippen molar-refractivity contribution >= 4 is 26.7 Å². The van der Waals surface area contributed by atoms with Gasteiger partial charge in [-0.1, -0.05) is 24.3 Å². The molecule has 1 amide bonds. The van der Waals surface area contributed by atoms with Crippen molar-refractivity contribution in [3.8, 4) is 5.75 Å². The van der Waals surface area contributed by atoms with Crippen molar-refractivity contribution < 1.29 is 39.9 Å². The number of nitrogens with two attached hydrogens (primary N) is 1. The fourth-order valence-corrected chi connectivity index (χ4v) is 8.14. The molecule has 2 saturated heterocycles. The van der Waals surface area contributed by atoms with Crippen LogP contribution in [0.2, 0.25) is 0 Å². The number of carbonyl (C=O) groups is 1. The van der Waals surface area contributed by atoms with Crippen LogP contribution in [-0.4, -0.2) is 49.5 Å². The molecule has 6 rings (SSSR count). The maximum Gasteiger partial charge on any atom is 0.416 e. The van der Waals surface area contributed by atoms with Crippen molar-refractivity contribution in [3.05, 3.63) is 71.8 Å². The predicted octanol–water partition coefficient (Wildman–Crippen LogP) is 6.10. The molecule has 3 aliphatic rings. The van der Waals surface area contributed by atoms with Gasteiger partial charge >= 0.3 is 6.18 Å². The van der Waals surface area contributed by atoms with Crippen molar-refractivity contribution in [2.75, 3.05) is 0 Å². The van der Waals surface area contributed by atoms with E-state index in [0.717, 1.165) is 25.7 Å². The molecule has 3 aromatic rings. The van der Waals surface area contributed by atoms with Crippen LogP contribution in [0.25, 0.3) is 10.8 Å². The number of alkyl halides is 5. The van der Waals surface area contributed by atoms with Gasteiger partial charge in [0, 0.05) is 23.7 Å². The lowest BCUT2D eigenvalue weighted by Crippen LogP contribution is -2.60. The van der Waals surface area contributed by atoms with Gasteiger partial charge in [0.1, 0.15) is 5.75 Å². The molecule has 0 aromatic heterocycles. The third kappa shape index (κ3) is 6.39. The van der Waals surface area contributed by atoms with E-state index in [1.165, 1.54) is 23.1 Å². The SMILES string of the molecule is NC1CC2CCC(C1)N2C(=O)[C@@H](NS(=O)(=O)c1ccc2cc(OC3CCCC3)ccc2c1)C(F)(F)c1ccc(C(F)(F)F)cc1. The van der Waals surface area contributed by atoms with Crippen LogP contribution in [0.3, 0.4) is 0 Å².